The summed E-state index contributed by atoms with van der Waals surface area (Å²) in [4.78, 5) is -0.00714. The molecule has 0 saturated carbocycles. The molecule has 0 atom stereocenters. The number of anilines is 1. The van der Waals surface area contributed by atoms with Crippen LogP contribution in [0.3, 0.4) is 0 Å². The van der Waals surface area contributed by atoms with Gasteiger partial charge in [0.05, 0.1) is 32.7 Å². The van der Waals surface area contributed by atoms with Gasteiger partial charge in [0.25, 0.3) is 10.0 Å². The molecule has 1 N–H and O–H groups in total. The molecule has 8 nitrogen and oxygen atoms in total. The van der Waals surface area contributed by atoms with Gasteiger partial charge in [-0.3, -0.25) is 4.72 Å². The molecule has 29 heavy (non-hydrogen) atoms. The second-order valence-electron chi connectivity index (χ2n) is 6.24. The SMILES string of the molecule is COc1ccc(NS(=O)(=O)c2cc(-c3c(C)noc3C)ccc2OC)cc1OC. The van der Waals surface area contributed by atoms with Gasteiger partial charge < -0.3 is 18.7 Å². The van der Waals surface area contributed by atoms with E-state index in [1.165, 1.54) is 27.4 Å². The van der Waals surface area contributed by atoms with Crippen molar-refractivity contribution in [3.05, 3.63) is 47.9 Å². The van der Waals surface area contributed by atoms with Gasteiger partial charge >= 0.3 is 0 Å². The number of aryl methyl sites for hydroxylation is 2. The molecule has 3 aromatic rings. The Morgan fingerprint density at radius 1 is 0.897 bits per heavy atom. The molecule has 0 aliphatic carbocycles. The molecule has 1 aromatic heterocycles. The van der Waals surface area contributed by atoms with Crippen LogP contribution in [0.4, 0.5) is 5.69 Å². The summed E-state index contributed by atoms with van der Waals surface area (Å²) < 4.78 is 49.7. The van der Waals surface area contributed by atoms with Crippen LogP contribution in [0.5, 0.6) is 17.2 Å². The Morgan fingerprint density at radius 2 is 1.55 bits per heavy atom. The number of ether oxygens (including phenoxy) is 3. The third-order valence-electron chi connectivity index (χ3n) is 4.41. The molecule has 1 heterocycles. The Bertz CT molecular complexity index is 1120. The smallest absolute Gasteiger partial charge is 0.265 e. The van der Waals surface area contributed by atoms with E-state index < -0.39 is 10.0 Å². The Morgan fingerprint density at radius 3 is 2.14 bits per heavy atom. The fraction of sp³-hybridized carbons (Fsp3) is 0.250. The fourth-order valence-corrected chi connectivity index (χ4v) is 4.29. The quantitative estimate of drug-likeness (QED) is 0.623. The highest BCUT2D eigenvalue weighted by atomic mass is 32.2. The molecule has 0 radical (unpaired) electrons. The zero-order valence-electron chi connectivity index (χ0n) is 16.8. The van der Waals surface area contributed by atoms with Crippen molar-refractivity contribution in [3.8, 4) is 28.4 Å². The lowest BCUT2D eigenvalue weighted by Gasteiger charge is -2.14. The summed E-state index contributed by atoms with van der Waals surface area (Å²) >= 11 is 0. The van der Waals surface area contributed by atoms with Gasteiger partial charge in [-0.2, -0.15) is 0 Å². The zero-order valence-corrected chi connectivity index (χ0v) is 17.6. The number of nitrogens with zero attached hydrogens (tertiary/aromatic N) is 1. The van der Waals surface area contributed by atoms with Crippen molar-refractivity contribution in [2.75, 3.05) is 26.1 Å². The highest BCUT2D eigenvalue weighted by Gasteiger charge is 2.23. The van der Waals surface area contributed by atoms with E-state index in [1.54, 1.807) is 44.2 Å². The summed E-state index contributed by atoms with van der Waals surface area (Å²) in [6, 6.07) is 9.65. The van der Waals surface area contributed by atoms with Gasteiger partial charge in [0, 0.05) is 11.6 Å². The standard InChI is InChI=1S/C20H22N2O6S/c1-12-20(13(2)28-21-12)14-6-8-17(26-4)19(10-14)29(23,24)22-15-7-9-16(25-3)18(11-15)27-5/h6-11,22H,1-5H3. The minimum atomic E-state index is -3.96. The van der Waals surface area contributed by atoms with E-state index in [0.29, 0.717) is 34.2 Å². The molecule has 3 rings (SSSR count). The molecular formula is C20H22N2O6S. The van der Waals surface area contributed by atoms with Crippen molar-refractivity contribution < 1.29 is 27.2 Å². The molecule has 0 bridgehead atoms. The number of sulfonamides is 1. The van der Waals surface area contributed by atoms with Crippen molar-refractivity contribution in [1.29, 1.82) is 0 Å². The molecule has 0 unspecified atom stereocenters. The summed E-state index contributed by atoms with van der Waals surface area (Å²) in [6.07, 6.45) is 0. The Labute approximate surface area is 169 Å². The van der Waals surface area contributed by atoms with E-state index in [0.717, 1.165) is 5.56 Å². The summed E-state index contributed by atoms with van der Waals surface area (Å²) in [7, 11) is 0.440. The summed E-state index contributed by atoms with van der Waals surface area (Å²) in [6.45, 7) is 3.57. The predicted molar refractivity (Wildman–Crippen MR) is 108 cm³/mol. The molecular weight excluding hydrogens is 396 g/mol. The van der Waals surface area contributed by atoms with Crippen LogP contribution in [0, 0.1) is 13.8 Å². The van der Waals surface area contributed by atoms with Crippen LogP contribution in [0.2, 0.25) is 0 Å². The Hall–Kier alpha value is -3.20. The number of aromatic nitrogens is 1. The van der Waals surface area contributed by atoms with Crippen molar-refractivity contribution >= 4 is 15.7 Å². The average Bonchev–Trinajstić information content (AvgIpc) is 3.05. The first-order valence-corrected chi connectivity index (χ1v) is 10.1. The highest BCUT2D eigenvalue weighted by molar-refractivity contribution is 7.92. The van der Waals surface area contributed by atoms with Crippen LogP contribution in [0.15, 0.2) is 45.8 Å². The molecule has 0 aliphatic rings. The van der Waals surface area contributed by atoms with Crippen LogP contribution >= 0.6 is 0 Å². The monoisotopic (exact) mass is 418 g/mol. The van der Waals surface area contributed by atoms with E-state index in [-0.39, 0.29) is 10.6 Å². The van der Waals surface area contributed by atoms with E-state index in [4.69, 9.17) is 18.7 Å². The number of nitrogens with one attached hydrogen (secondary N) is 1. The van der Waals surface area contributed by atoms with Crippen LogP contribution in [0.1, 0.15) is 11.5 Å². The number of methoxy groups -OCH3 is 3. The molecule has 2 aromatic carbocycles. The number of hydrogen-bond donors (Lipinski definition) is 1. The molecule has 9 heteroatoms. The van der Waals surface area contributed by atoms with Crippen LogP contribution in [-0.2, 0) is 10.0 Å². The van der Waals surface area contributed by atoms with E-state index in [9.17, 15) is 8.42 Å². The second-order valence-corrected chi connectivity index (χ2v) is 7.89. The highest BCUT2D eigenvalue weighted by Crippen LogP contribution is 2.35. The van der Waals surface area contributed by atoms with Crippen molar-refractivity contribution in [2.45, 2.75) is 18.7 Å². The van der Waals surface area contributed by atoms with Gasteiger partial charge in [-0.05, 0) is 43.7 Å². The van der Waals surface area contributed by atoms with E-state index in [1.807, 2.05) is 0 Å². The Kier molecular flexibility index (Phi) is 5.69. The predicted octanol–water partition coefficient (Wildman–Crippen LogP) is 3.79. The van der Waals surface area contributed by atoms with Crippen LogP contribution in [0.25, 0.3) is 11.1 Å². The van der Waals surface area contributed by atoms with Crippen molar-refractivity contribution in [3.63, 3.8) is 0 Å². The van der Waals surface area contributed by atoms with Crippen molar-refractivity contribution in [2.24, 2.45) is 0 Å². The first-order chi connectivity index (χ1) is 13.8. The maximum absolute atomic E-state index is 13.1. The summed E-state index contributed by atoms with van der Waals surface area (Å²) in [5.41, 5.74) is 2.40. The second kappa shape index (κ2) is 8.04. The Balaban J connectivity index is 2.05. The minimum Gasteiger partial charge on any atom is -0.495 e. The first-order valence-electron chi connectivity index (χ1n) is 8.67. The van der Waals surface area contributed by atoms with E-state index >= 15 is 0 Å². The van der Waals surface area contributed by atoms with Gasteiger partial charge in [0.2, 0.25) is 0 Å². The zero-order chi connectivity index (χ0) is 21.2. The summed E-state index contributed by atoms with van der Waals surface area (Å²) in [5.74, 6) is 1.72. The molecule has 0 saturated heterocycles. The third kappa shape index (κ3) is 4.00. The molecule has 0 amide bonds. The number of benzene rings is 2. The molecule has 0 spiro atoms. The van der Waals surface area contributed by atoms with Gasteiger partial charge in [-0.15, -0.1) is 0 Å². The van der Waals surface area contributed by atoms with E-state index in [2.05, 4.69) is 9.88 Å². The van der Waals surface area contributed by atoms with Crippen molar-refractivity contribution in [1.82, 2.24) is 5.16 Å². The normalized spacial score (nSPS) is 11.2. The van der Waals surface area contributed by atoms with Crippen LogP contribution in [-0.4, -0.2) is 34.9 Å². The minimum absolute atomic E-state index is 0.00714. The lowest BCUT2D eigenvalue weighted by atomic mass is 10.0. The largest absolute Gasteiger partial charge is 0.495 e. The molecule has 154 valence electrons. The number of rotatable bonds is 7. The average molecular weight is 418 g/mol. The molecule has 0 aliphatic heterocycles. The third-order valence-corrected chi connectivity index (χ3v) is 5.81. The van der Waals surface area contributed by atoms with Crippen LogP contribution < -0.4 is 18.9 Å². The fourth-order valence-electron chi connectivity index (χ4n) is 3.05. The maximum atomic E-state index is 13.1. The van der Waals surface area contributed by atoms with Gasteiger partial charge in [0.15, 0.2) is 11.5 Å². The van der Waals surface area contributed by atoms with Gasteiger partial charge in [-0.25, -0.2) is 8.42 Å². The first kappa shape index (κ1) is 20.5. The summed E-state index contributed by atoms with van der Waals surface area (Å²) in [5, 5.41) is 3.93. The van der Waals surface area contributed by atoms with Gasteiger partial charge in [-0.1, -0.05) is 11.2 Å². The van der Waals surface area contributed by atoms with Gasteiger partial charge in [0.1, 0.15) is 16.4 Å². The maximum Gasteiger partial charge on any atom is 0.265 e. The topological polar surface area (TPSA) is 99.9 Å². The lowest BCUT2D eigenvalue weighted by Crippen LogP contribution is -2.14. The molecule has 0 fully saturated rings. The lowest BCUT2D eigenvalue weighted by molar-refractivity contribution is 0.355. The number of hydrogen-bond acceptors (Lipinski definition) is 7.